The first-order valence-corrected chi connectivity index (χ1v) is 9.44. The Bertz CT molecular complexity index is 769. The number of benzene rings is 1. The second kappa shape index (κ2) is 6.08. The van der Waals surface area contributed by atoms with Gasteiger partial charge in [0.25, 0.3) is 0 Å². The Balaban J connectivity index is 2.33. The van der Waals surface area contributed by atoms with Gasteiger partial charge in [0.05, 0.1) is 5.69 Å². The smallest absolute Gasteiger partial charge is 0.243 e. The largest absolute Gasteiger partial charge is 0.398 e. The summed E-state index contributed by atoms with van der Waals surface area (Å²) in [7, 11) is -3.67. The molecular weight excluding hydrogens is 372 g/mol. The Morgan fingerprint density at radius 2 is 1.95 bits per heavy atom. The molecular formula is C14H17BrN2O2S2. The summed E-state index contributed by atoms with van der Waals surface area (Å²) < 4.78 is 28.4. The van der Waals surface area contributed by atoms with Gasteiger partial charge in [0.1, 0.15) is 4.90 Å². The van der Waals surface area contributed by atoms with E-state index >= 15 is 0 Å². The molecule has 0 aliphatic carbocycles. The van der Waals surface area contributed by atoms with Crippen LogP contribution in [0.3, 0.4) is 0 Å². The van der Waals surface area contributed by atoms with E-state index in [1.165, 1.54) is 6.07 Å². The molecule has 0 saturated carbocycles. The molecule has 1 aromatic heterocycles. The molecule has 2 rings (SSSR count). The Morgan fingerprint density at radius 3 is 2.52 bits per heavy atom. The van der Waals surface area contributed by atoms with Crippen LogP contribution >= 0.6 is 27.3 Å². The normalized spacial score (nSPS) is 13.3. The number of nitrogen functional groups attached to an aromatic ring is 1. The third-order valence-corrected chi connectivity index (χ3v) is 6.21. The summed E-state index contributed by atoms with van der Waals surface area (Å²) in [5.41, 5.74) is 7.01. The van der Waals surface area contributed by atoms with Gasteiger partial charge in [0.2, 0.25) is 10.0 Å². The maximum absolute atomic E-state index is 12.5. The predicted molar refractivity (Wildman–Crippen MR) is 91.1 cm³/mol. The number of rotatable bonds is 4. The molecule has 114 valence electrons. The van der Waals surface area contributed by atoms with Crippen LogP contribution in [0.2, 0.25) is 0 Å². The van der Waals surface area contributed by atoms with Crippen molar-refractivity contribution in [3.8, 4) is 0 Å². The summed E-state index contributed by atoms with van der Waals surface area (Å²) in [4.78, 5) is 2.37. The number of nitrogens with one attached hydrogen (secondary N) is 1. The zero-order chi connectivity index (χ0) is 15.8. The highest BCUT2D eigenvalue weighted by Crippen LogP contribution is 2.29. The lowest BCUT2D eigenvalue weighted by atomic mass is 10.1. The molecule has 0 aliphatic rings. The summed E-state index contributed by atoms with van der Waals surface area (Å²) in [6.07, 6.45) is 0. The Morgan fingerprint density at radius 1 is 1.29 bits per heavy atom. The highest BCUT2D eigenvalue weighted by atomic mass is 79.9. The molecule has 1 unspecified atom stereocenters. The maximum Gasteiger partial charge on any atom is 0.243 e. The summed E-state index contributed by atoms with van der Waals surface area (Å²) in [6.45, 7) is 5.83. The minimum absolute atomic E-state index is 0.0910. The molecule has 0 spiro atoms. The van der Waals surface area contributed by atoms with Crippen molar-refractivity contribution >= 4 is 43.0 Å². The number of nitrogens with two attached hydrogens (primary N) is 1. The molecule has 0 radical (unpaired) electrons. The SMILES string of the molecule is Cc1cc(C(C)NS(=O)(=O)c2cc(Br)ccc2N)c(C)s1. The van der Waals surface area contributed by atoms with E-state index in [-0.39, 0.29) is 16.6 Å². The first-order valence-electron chi connectivity index (χ1n) is 6.35. The molecule has 0 amide bonds. The molecule has 0 bridgehead atoms. The second-order valence-corrected chi connectivity index (χ2v) is 8.95. The average Bonchev–Trinajstić information content (AvgIpc) is 2.71. The number of aryl methyl sites for hydroxylation is 2. The number of hydrogen-bond donors (Lipinski definition) is 2. The molecule has 7 heteroatoms. The molecule has 3 N–H and O–H groups in total. The van der Waals surface area contributed by atoms with Crippen molar-refractivity contribution in [2.75, 3.05) is 5.73 Å². The zero-order valence-corrected chi connectivity index (χ0v) is 15.2. The standard InChI is InChI=1S/C14H17BrN2O2S2/c1-8-6-12(10(3)20-8)9(2)17-21(18,19)14-7-11(15)4-5-13(14)16/h4-7,9,17H,16H2,1-3H3. The van der Waals surface area contributed by atoms with Crippen LogP contribution in [-0.4, -0.2) is 8.42 Å². The zero-order valence-electron chi connectivity index (χ0n) is 12.0. The number of sulfonamides is 1. The van der Waals surface area contributed by atoms with Crippen molar-refractivity contribution < 1.29 is 8.42 Å². The molecule has 1 heterocycles. The summed E-state index contributed by atoms with van der Waals surface area (Å²) >= 11 is 4.93. The van der Waals surface area contributed by atoms with Gasteiger partial charge in [-0.25, -0.2) is 13.1 Å². The maximum atomic E-state index is 12.5. The molecule has 2 aromatic rings. The number of thiophene rings is 1. The minimum atomic E-state index is -3.67. The van der Waals surface area contributed by atoms with E-state index in [2.05, 4.69) is 20.7 Å². The van der Waals surface area contributed by atoms with Gasteiger partial charge in [-0.05, 0) is 50.6 Å². The van der Waals surface area contributed by atoms with Gasteiger partial charge >= 0.3 is 0 Å². The molecule has 4 nitrogen and oxygen atoms in total. The molecule has 1 aromatic carbocycles. The second-order valence-electron chi connectivity index (χ2n) is 4.89. The van der Waals surface area contributed by atoms with Crippen LogP contribution in [0.1, 0.15) is 28.3 Å². The van der Waals surface area contributed by atoms with Crippen LogP contribution in [0.5, 0.6) is 0 Å². The fourth-order valence-corrected chi connectivity index (χ4v) is 5.10. The van der Waals surface area contributed by atoms with Gasteiger partial charge < -0.3 is 5.73 Å². The third-order valence-electron chi connectivity index (χ3n) is 3.14. The molecule has 0 fully saturated rings. The van der Waals surface area contributed by atoms with Crippen LogP contribution in [0, 0.1) is 13.8 Å². The molecule has 0 saturated heterocycles. The fourth-order valence-electron chi connectivity index (χ4n) is 2.18. The van der Waals surface area contributed by atoms with Crippen molar-refractivity contribution in [1.82, 2.24) is 4.72 Å². The Hall–Kier alpha value is -0.890. The van der Waals surface area contributed by atoms with Crippen LogP contribution in [-0.2, 0) is 10.0 Å². The lowest BCUT2D eigenvalue weighted by molar-refractivity contribution is 0.567. The molecule has 1 atom stereocenters. The van der Waals surface area contributed by atoms with E-state index in [9.17, 15) is 8.42 Å². The summed E-state index contributed by atoms with van der Waals surface area (Å²) in [5, 5.41) is 0. The van der Waals surface area contributed by atoms with Crippen molar-refractivity contribution in [2.24, 2.45) is 0 Å². The first-order chi connectivity index (χ1) is 9.70. The highest BCUT2D eigenvalue weighted by molar-refractivity contribution is 9.10. The first kappa shape index (κ1) is 16.5. The minimum Gasteiger partial charge on any atom is -0.398 e. The van der Waals surface area contributed by atoms with Gasteiger partial charge in [0, 0.05) is 20.3 Å². The lowest BCUT2D eigenvalue weighted by Crippen LogP contribution is -2.27. The monoisotopic (exact) mass is 388 g/mol. The lowest BCUT2D eigenvalue weighted by Gasteiger charge is -2.15. The third kappa shape index (κ3) is 3.66. The van der Waals surface area contributed by atoms with Gasteiger partial charge in [-0.2, -0.15) is 0 Å². The quantitative estimate of drug-likeness (QED) is 0.783. The van der Waals surface area contributed by atoms with Crippen molar-refractivity contribution in [3.63, 3.8) is 0 Å². The van der Waals surface area contributed by atoms with E-state index in [0.29, 0.717) is 4.47 Å². The van der Waals surface area contributed by atoms with Crippen molar-refractivity contribution in [1.29, 1.82) is 0 Å². The van der Waals surface area contributed by atoms with E-state index in [1.54, 1.807) is 23.5 Å². The van der Waals surface area contributed by atoms with Gasteiger partial charge in [-0.15, -0.1) is 11.3 Å². The molecule has 0 aliphatic heterocycles. The summed E-state index contributed by atoms with van der Waals surface area (Å²) in [5.74, 6) is 0. The number of hydrogen-bond acceptors (Lipinski definition) is 4. The van der Waals surface area contributed by atoms with Gasteiger partial charge in [-0.1, -0.05) is 15.9 Å². The summed E-state index contributed by atoms with van der Waals surface area (Å²) in [6, 6.07) is 6.50. The van der Waals surface area contributed by atoms with Gasteiger partial charge in [0.15, 0.2) is 0 Å². The van der Waals surface area contributed by atoms with Crippen LogP contribution < -0.4 is 10.5 Å². The topological polar surface area (TPSA) is 72.2 Å². The van der Waals surface area contributed by atoms with E-state index in [0.717, 1.165) is 15.3 Å². The Kier molecular flexibility index (Phi) is 4.77. The number of halogens is 1. The predicted octanol–water partition coefficient (Wildman–Crippen LogP) is 3.75. The molecule has 21 heavy (non-hydrogen) atoms. The van der Waals surface area contributed by atoms with Crippen LogP contribution in [0.25, 0.3) is 0 Å². The van der Waals surface area contributed by atoms with Gasteiger partial charge in [-0.3, -0.25) is 0 Å². The van der Waals surface area contributed by atoms with Crippen LogP contribution in [0.15, 0.2) is 33.6 Å². The van der Waals surface area contributed by atoms with Crippen LogP contribution in [0.4, 0.5) is 5.69 Å². The van der Waals surface area contributed by atoms with E-state index in [4.69, 9.17) is 5.73 Å². The van der Waals surface area contributed by atoms with E-state index in [1.807, 2.05) is 26.8 Å². The Labute approximate surface area is 137 Å². The van der Waals surface area contributed by atoms with Crippen molar-refractivity contribution in [3.05, 3.63) is 44.1 Å². The fraction of sp³-hybridized carbons (Fsp3) is 0.286. The van der Waals surface area contributed by atoms with Crippen molar-refractivity contribution in [2.45, 2.75) is 31.7 Å². The average molecular weight is 389 g/mol. The number of anilines is 1. The van der Waals surface area contributed by atoms with E-state index < -0.39 is 10.0 Å². The highest BCUT2D eigenvalue weighted by Gasteiger charge is 2.22.